The number of aromatic nitrogens is 4. The number of carbonyl (C=O) groups is 4. The van der Waals surface area contributed by atoms with Gasteiger partial charge in [-0.15, -0.1) is 16.4 Å². The Morgan fingerprint density at radius 2 is 1.48 bits per heavy atom. The molecular formula is C61H79BrF3N11O9S. The van der Waals surface area contributed by atoms with E-state index >= 15 is 0 Å². The lowest BCUT2D eigenvalue weighted by molar-refractivity contribution is -0.152. The molecule has 1 saturated heterocycles. The molecule has 3 heterocycles. The second kappa shape index (κ2) is 36.9. The van der Waals surface area contributed by atoms with E-state index in [1.54, 1.807) is 70.7 Å². The zero-order valence-electron chi connectivity index (χ0n) is 48.9. The van der Waals surface area contributed by atoms with Crippen LogP contribution in [0.1, 0.15) is 54.2 Å². The Hall–Kier alpha value is -7.00. The number of likely N-dealkylation sites (N-methyl/N-ethyl adjacent to an activating group) is 2. The molecule has 20 nitrogen and oxygen atoms in total. The van der Waals surface area contributed by atoms with Crippen LogP contribution in [-0.2, 0) is 54.4 Å². The molecule has 5 aromatic rings. The molecule has 25 heteroatoms. The van der Waals surface area contributed by atoms with E-state index in [-0.39, 0.29) is 31.7 Å². The quantitative estimate of drug-likeness (QED) is 0.0250. The van der Waals surface area contributed by atoms with Crippen molar-refractivity contribution in [1.82, 2.24) is 44.9 Å². The van der Waals surface area contributed by atoms with Crippen molar-refractivity contribution in [3.8, 4) is 11.5 Å². The highest BCUT2D eigenvalue weighted by molar-refractivity contribution is 9.10. The Bertz CT molecular complexity index is 2910. The number of aryl methyl sites for hydroxylation is 1. The Labute approximate surface area is 513 Å². The number of unbranched alkanes of at least 4 members (excludes halogenated alkanes) is 1. The van der Waals surface area contributed by atoms with Crippen LogP contribution in [-0.4, -0.2) is 189 Å². The summed E-state index contributed by atoms with van der Waals surface area (Å²) in [5.74, 6) is 0.135. The zero-order chi connectivity index (χ0) is 61.5. The maximum Gasteiger partial charge on any atom is 0.390 e. The van der Waals surface area contributed by atoms with Crippen molar-refractivity contribution in [2.24, 2.45) is 0 Å². The number of anilines is 2. The van der Waals surface area contributed by atoms with Gasteiger partial charge in [0.05, 0.1) is 77.0 Å². The number of piperazine rings is 1. The van der Waals surface area contributed by atoms with Gasteiger partial charge >= 0.3 is 12.2 Å². The minimum atomic E-state index is -4.55. The fourth-order valence-corrected chi connectivity index (χ4v) is 9.72. The van der Waals surface area contributed by atoms with Gasteiger partial charge in [0.2, 0.25) is 17.7 Å². The Kier molecular flexibility index (Phi) is 29.2. The molecule has 466 valence electrons. The lowest BCUT2D eigenvalue weighted by atomic mass is 10.0. The number of halogens is 4. The number of nitrogens with zero attached hydrogens (tertiary/aromatic N) is 8. The third-order valence-electron chi connectivity index (χ3n) is 13.6. The van der Waals surface area contributed by atoms with Crippen LogP contribution in [0.2, 0.25) is 0 Å². The van der Waals surface area contributed by atoms with Crippen LogP contribution >= 0.6 is 27.3 Å². The van der Waals surface area contributed by atoms with Crippen LogP contribution in [0.3, 0.4) is 0 Å². The number of carbonyl (C=O) groups excluding carboxylic acids is 4. The fourth-order valence-electron chi connectivity index (χ4n) is 8.75. The van der Waals surface area contributed by atoms with Crippen LogP contribution in [0, 0.1) is 0 Å². The predicted molar refractivity (Wildman–Crippen MR) is 328 cm³/mol. The number of alkyl halides is 3. The minimum absolute atomic E-state index is 0.0381. The summed E-state index contributed by atoms with van der Waals surface area (Å²) in [5, 5.41) is 18.9. The largest absolute Gasteiger partial charge is 0.494 e. The Morgan fingerprint density at radius 3 is 2.19 bits per heavy atom. The summed E-state index contributed by atoms with van der Waals surface area (Å²) in [7, 11) is 4.09. The van der Waals surface area contributed by atoms with Crippen molar-refractivity contribution in [3.63, 3.8) is 0 Å². The second-order valence-electron chi connectivity index (χ2n) is 20.3. The van der Waals surface area contributed by atoms with Crippen molar-refractivity contribution in [1.29, 1.82) is 0 Å². The molecule has 0 radical (unpaired) electrons. The molecule has 0 spiro atoms. The number of hydrogen-bond acceptors (Lipinski definition) is 15. The summed E-state index contributed by atoms with van der Waals surface area (Å²) < 4.78 is 72.2. The first-order chi connectivity index (χ1) is 41.5. The number of ether oxygens (including phenoxy) is 5. The first-order valence-corrected chi connectivity index (χ1v) is 30.3. The normalized spacial score (nSPS) is 13.3. The van der Waals surface area contributed by atoms with Crippen LogP contribution in [0.5, 0.6) is 11.5 Å². The number of allylic oxidation sites excluding steroid dienone is 2. The Balaban J connectivity index is 0.753. The van der Waals surface area contributed by atoms with E-state index in [1.807, 2.05) is 49.5 Å². The number of hydrogen-bond donors (Lipinski definition) is 3. The van der Waals surface area contributed by atoms with Crippen LogP contribution in [0.25, 0.3) is 0 Å². The van der Waals surface area contributed by atoms with E-state index in [1.165, 1.54) is 17.4 Å². The maximum atomic E-state index is 13.8. The second-order valence-corrected chi connectivity index (χ2v) is 22.1. The molecule has 1 fully saturated rings. The van der Waals surface area contributed by atoms with Gasteiger partial charge in [-0.05, 0) is 105 Å². The number of rotatable bonds is 38. The zero-order valence-corrected chi connectivity index (χ0v) is 51.4. The summed E-state index contributed by atoms with van der Waals surface area (Å²) in [6, 6.07) is 19.1. The van der Waals surface area contributed by atoms with Gasteiger partial charge in [0.15, 0.2) is 5.13 Å². The van der Waals surface area contributed by atoms with Gasteiger partial charge in [-0.2, -0.15) is 13.2 Å². The van der Waals surface area contributed by atoms with Gasteiger partial charge in [-0.1, -0.05) is 76.8 Å². The van der Waals surface area contributed by atoms with E-state index < -0.39 is 43.0 Å². The number of nitrogens with one attached hydrogen (secondary N) is 3. The third kappa shape index (κ3) is 25.5. The molecule has 3 N–H and O–H groups in total. The van der Waals surface area contributed by atoms with Gasteiger partial charge < -0.3 is 53.9 Å². The predicted octanol–water partition coefficient (Wildman–Crippen LogP) is 8.79. The van der Waals surface area contributed by atoms with Crippen LogP contribution in [0.15, 0.2) is 126 Å². The minimum Gasteiger partial charge on any atom is -0.494 e. The smallest absolute Gasteiger partial charge is 0.390 e. The number of benzene rings is 3. The molecule has 2 aromatic heterocycles. The molecule has 5 amide bonds. The van der Waals surface area contributed by atoms with E-state index in [9.17, 15) is 32.3 Å². The SMILES string of the molecule is C=C/C=C(\C=C)CNC(=O)C(c1ccc(Br)cc1)N(CCC(F)(F)F)C(=O)CCc1ccc(OCCCCN(C)CCOCCOCCc2cn(CCOCCOc3ccc(NC(=O)Nc4nc(CC(=O)N5CCN(C)CC5)cs4)cc3)nn2)cc1. The number of urea groups is 1. The van der Waals surface area contributed by atoms with Gasteiger partial charge in [-0.25, -0.2) is 14.5 Å². The van der Waals surface area contributed by atoms with Crippen molar-refractivity contribution >= 4 is 61.8 Å². The third-order valence-corrected chi connectivity index (χ3v) is 15.0. The summed E-state index contributed by atoms with van der Waals surface area (Å²) in [6.07, 6.45) is 3.50. The molecule has 86 heavy (non-hydrogen) atoms. The standard InChI is InChI=1S/C61H79BrF3N11O9S/c1-5-9-46(6-2)43-66-58(79)57(48-13-15-49(62)16-14-48)76(27-25-61(63,64)65)55(77)23-12-47-10-19-53(20-11-47)84-34-8-7-26-72(3)32-36-82-39-38-81-35-24-51-44-75(71-70-51)33-37-83-40-41-85-54-21-17-50(18-22-54)67-59(80)69-60-68-52(45-86-60)42-56(78)74-30-28-73(4)29-31-74/h5-6,9-11,13-22,44-45,57H,1-2,7-8,12,23-43H2,3-4H3,(H,66,79)(H2,67,68,69,80)/b46-9+. The highest BCUT2D eigenvalue weighted by Gasteiger charge is 2.35. The fraction of sp³-hybridized carbons (Fsp3) is 0.459. The molecule has 0 bridgehead atoms. The lowest BCUT2D eigenvalue weighted by Crippen LogP contribution is -2.47. The van der Waals surface area contributed by atoms with E-state index in [4.69, 9.17) is 23.7 Å². The molecule has 0 saturated carbocycles. The van der Waals surface area contributed by atoms with Gasteiger partial charge in [-0.3, -0.25) is 19.7 Å². The molecule has 1 unspecified atom stereocenters. The summed E-state index contributed by atoms with van der Waals surface area (Å²) in [6.45, 7) is 15.7. The molecular weight excluding hydrogens is 1200 g/mol. The maximum absolute atomic E-state index is 13.8. The van der Waals surface area contributed by atoms with Crippen LogP contribution < -0.4 is 25.4 Å². The van der Waals surface area contributed by atoms with Crippen molar-refractivity contribution in [2.45, 2.75) is 63.7 Å². The molecule has 1 aliphatic rings. The van der Waals surface area contributed by atoms with E-state index in [2.05, 4.69) is 70.1 Å². The van der Waals surface area contributed by atoms with Crippen molar-refractivity contribution < 1.29 is 56.0 Å². The highest BCUT2D eigenvalue weighted by Crippen LogP contribution is 2.29. The van der Waals surface area contributed by atoms with E-state index in [0.29, 0.717) is 123 Å². The average Bonchev–Trinajstić information content (AvgIpc) is 4.29. The molecule has 0 aliphatic carbocycles. The molecule has 1 atom stereocenters. The average molecular weight is 1280 g/mol. The number of thiazole rings is 1. The summed E-state index contributed by atoms with van der Waals surface area (Å²) >= 11 is 4.64. The lowest BCUT2D eigenvalue weighted by Gasteiger charge is -2.32. The topological polar surface area (TPSA) is 207 Å². The van der Waals surface area contributed by atoms with Crippen molar-refractivity contribution in [2.75, 3.05) is 130 Å². The van der Waals surface area contributed by atoms with Gasteiger partial charge in [0.25, 0.3) is 0 Å². The highest BCUT2D eigenvalue weighted by atomic mass is 79.9. The van der Waals surface area contributed by atoms with E-state index in [0.717, 1.165) is 55.2 Å². The first kappa shape index (κ1) is 68.1. The van der Waals surface area contributed by atoms with Gasteiger partial charge in [0, 0.05) is 80.4 Å². The van der Waals surface area contributed by atoms with Crippen molar-refractivity contribution in [3.05, 3.63) is 148 Å². The first-order valence-electron chi connectivity index (χ1n) is 28.6. The van der Waals surface area contributed by atoms with Crippen LogP contribution in [0.4, 0.5) is 28.8 Å². The number of amides is 5. The molecule has 1 aliphatic heterocycles. The monoisotopic (exact) mass is 1280 g/mol. The Morgan fingerprint density at radius 1 is 0.791 bits per heavy atom. The molecule has 3 aromatic carbocycles. The summed E-state index contributed by atoms with van der Waals surface area (Å²) in [4.78, 5) is 64.4. The molecule has 6 rings (SSSR count). The summed E-state index contributed by atoms with van der Waals surface area (Å²) in [5.41, 5.74) is 3.85. The van der Waals surface area contributed by atoms with Gasteiger partial charge in [0.1, 0.15) is 24.1 Å².